The highest BCUT2D eigenvalue weighted by Gasteiger charge is 2.33. The van der Waals surface area contributed by atoms with Crippen LogP contribution in [0.15, 0.2) is 18.2 Å². The minimum absolute atomic E-state index is 0.0843. The number of nitrogens with zero attached hydrogens (tertiary/aromatic N) is 1. The van der Waals surface area contributed by atoms with Gasteiger partial charge in [-0.3, -0.25) is 4.79 Å². The van der Waals surface area contributed by atoms with Gasteiger partial charge >= 0.3 is 0 Å². The lowest BCUT2D eigenvalue weighted by Gasteiger charge is -2.19. The zero-order valence-corrected chi connectivity index (χ0v) is 13.3. The van der Waals surface area contributed by atoms with Crippen LogP contribution in [0.5, 0.6) is 0 Å². The minimum atomic E-state index is -0.0843. The van der Waals surface area contributed by atoms with Gasteiger partial charge in [-0.1, -0.05) is 25.4 Å². The molecular weight excluding hydrogens is 363 g/mol. The van der Waals surface area contributed by atoms with Crippen molar-refractivity contribution in [1.29, 1.82) is 0 Å². The Bertz CT molecular complexity index is 464. The fourth-order valence-corrected chi connectivity index (χ4v) is 2.86. The summed E-state index contributed by atoms with van der Waals surface area (Å²) in [5.74, 6) is 0.118. The lowest BCUT2D eigenvalue weighted by atomic mass is 10.2. The van der Waals surface area contributed by atoms with E-state index in [0.717, 1.165) is 22.2 Å². The Balaban J connectivity index is 2.20. The molecule has 2 rings (SSSR count). The average Bonchev–Trinajstić information content (AvgIpc) is 2.64. The molecule has 1 aromatic carbocycles. The highest BCUT2D eigenvalue weighted by atomic mass is 127. The molecule has 0 aromatic heterocycles. The first-order valence-electron chi connectivity index (χ1n) is 6.01. The molecule has 3 nitrogen and oxygen atoms in total. The third-order valence-corrected chi connectivity index (χ3v) is 3.93. The second-order valence-corrected chi connectivity index (χ2v) is 6.40. The third-order valence-electron chi connectivity index (χ3n) is 2.94. The van der Waals surface area contributed by atoms with Crippen LogP contribution >= 0.6 is 34.2 Å². The summed E-state index contributed by atoms with van der Waals surface area (Å²) in [4.78, 5) is 14.1. The van der Waals surface area contributed by atoms with Crippen LogP contribution in [0.2, 0.25) is 5.02 Å². The van der Waals surface area contributed by atoms with Gasteiger partial charge in [0.1, 0.15) is 0 Å². The quantitative estimate of drug-likeness (QED) is 0.820. The molecule has 0 saturated carbocycles. The van der Waals surface area contributed by atoms with Gasteiger partial charge in [-0.15, -0.1) is 0 Å². The van der Waals surface area contributed by atoms with E-state index in [1.807, 2.05) is 32.0 Å². The van der Waals surface area contributed by atoms with E-state index in [1.54, 1.807) is 4.90 Å². The van der Waals surface area contributed by atoms with Gasteiger partial charge in [-0.25, -0.2) is 0 Å². The fraction of sp³-hybridized carbons (Fsp3) is 0.462. The average molecular weight is 379 g/mol. The molecule has 1 aromatic rings. The maximum Gasteiger partial charge on any atom is 0.244 e. The molecule has 0 bridgehead atoms. The van der Waals surface area contributed by atoms with Crippen molar-refractivity contribution in [3.05, 3.63) is 26.8 Å². The number of amides is 1. The van der Waals surface area contributed by atoms with E-state index < -0.39 is 0 Å². The summed E-state index contributed by atoms with van der Waals surface area (Å²) in [6.45, 7) is 4.83. The predicted molar refractivity (Wildman–Crippen MR) is 83.2 cm³/mol. The second-order valence-electron chi connectivity index (χ2n) is 4.75. The Morgan fingerprint density at radius 3 is 2.89 bits per heavy atom. The molecule has 0 radical (unpaired) electrons. The van der Waals surface area contributed by atoms with E-state index in [0.29, 0.717) is 11.1 Å². The summed E-state index contributed by atoms with van der Waals surface area (Å²) in [6, 6.07) is 5.97. The van der Waals surface area contributed by atoms with E-state index in [9.17, 15) is 4.79 Å². The number of hydrogen-bond donors (Lipinski definition) is 1. The Kier molecular flexibility index (Phi) is 4.50. The Morgan fingerprint density at radius 2 is 2.22 bits per heavy atom. The van der Waals surface area contributed by atoms with Crippen molar-refractivity contribution in [3.63, 3.8) is 0 Å². The highest BCUT2D eigenvalue weighted by Crippen LogP contribution is 2.31. The number of carbonyl (C=O) groups is 1. The summed E-state index contributed by atoms with van der Waals surface area (Å²) in [7, 11) is 0. The molecule has 1 saturated heterocycles. The van der Waals surface area contributed by atoms with Crippen molar-refractivity contribution >= 4 is 45.8 Å². The molecule has 1 unspecified atom stereocenters. The lowest BCUT2D eigenvalue weighted by molar-refractivity contribution is -0.118. The Hall–Kier alpha value is -0.330. The largest absolute Gasteiger partial charge is 0.309 e. The maximum absolute atomic E-state index is 12.3. The summed E-state index contributed by atoms with van der Waals surface area (Å²) < 4.78 is 1.08. The third kappa shape index (κ3) is 2.97. The molecule has 1 aliphatic rings. The van der Waals surface area contributed by atoms with Crippen LogP contribution in [0, 0.1) is 3.57 Å². The van der Waals surface area contributed by atoms with Crippen molar-refractivity contribution in [2.75, 3.05) is 11.4 Å². The monoisotopic (exact) mass is 378 g/mol. The SMILES string of the molecule is CC(C)NC1CCN(c2cc(I)ccc2Cl)C1=O. The van der Waals surface area contributed by atoms with Gasteiger partial charge in [0.25, 0.3) is 0 Å². The maximum atomic E-state index is 12.3. The van der Waals surface area contributed by atoms with Crippen LogP contribution in [-0.2, 0) is 4.79 Å². The summed E-state index contributed by atoms with van der Waals surface area (Å²) in [5.41, 5.74) is 0.821. The molecule has 1 heterocycles. The van der Waals surface area contributed by atoms with Crippen LogP contribution in [0.3, 0.4) is 0 Å². The lowest BCUT2D eigenvalue weighted by Crippen LogP contribution is -2.41. The normalized spacial score (nSPS) is 19.9. The number of hydrogen-bond acceptors (Lipinski definition) is 2. The van der Waals surface area contributed by atoms with E-state index >= 15 is 0 Å². The van der Waals surface area contributed by atoms with Gasteiger partial charge in [-0.05, 0) is 47.2 Å². The molecule has 1 amide bonds. The number of benzene rings is 1. The first-order chi connectivity index (χ1) is 8.49. The number of nitrogens with one attached hydrogen (secondary N) is 1. The van der Waals surface area contributed by atoms with Crippen LogP contribution in [0.4, 0.5) is 5.69 Å². The topological polar surface area (TPSA) is 32.3 Å². The molecule has 1 N–H and O–H groups in total. The molecule has 98 valence electrons. The van der Waals surface area contributed by atoms with Crippen molar-refractivity contribution in [1.82, 2.24) is 5.32 Å². The summed E-state index contributed by atoms with van der Waals surface area (Å²) in [6.07, 6.45) is 0.832. The molecule has 1 fully saturated rings. The molecule has 5 heteroatoms. The van der Waals surface area contributed by atoms with Crippen molar-refractivity contribution in [2.45, 2.75) is 32.4 Å². The van der Waals surface area contributed by atoms with Crippen molar-refractivity contribution in [2.24, 2.45) is 0 Å². The summed E-state index contributed by atoms with van der Waals surface area (Å²) >= 11 is 8.41. The number of halogens is 2. The number of rotatable bonds is 3. The highest BCUT2D eigenvalue weighted by molar-refractivity contribution is 14.1. The predicted octanol–water partition coefficient (Wildman–Crippen LogP) is 3.05. The van der Waals surface area contributed by atoms with Crippen molar-refractivity contribution < 1.29 is 4.79 Å². The van der Waals surface area contributed by atoms with E-state index in [4.69, 9.17) is 11.6 Å². The van der Waals surface area contributed by atoms with Gasteiger partial charge in [0.15, 0.2) is 0 Å². The number of carbonyl (C=O) groups excluding carboxylic acids is 1. The Morgan fingerprint density at radius 1 is 1.50 bits per heavy atom. The van der Waals surface area contributed by atoms with Crippen LogP contribution in [0.1, 0.15) is 20.3 Å². The van der Waals surface area contributed by atoms with E-state index in [2.05, 4.69) is 27.9 Å². The molecule has 0 spiro atoms. The van der Waals surface area contributed by atoms with Crippen LogP contribution in [-0.4, -0.2) is 24.5 Å². The van der Waals surface area contributed by atoms with Gasteiger partial charge < -0.3 is 10.2 Å². The van der Waals surface area contributed by atoms with Crippen LogP contribution in [0.25, 0.3) is 0 Å². The Labute approximate surface area is 126 Å². The van der Waals surface area contributed by atoms with E-state index in [1.165, 1.54) is 0 Å². The molecule has 1 aliphatic heterocycles. The van der Waals surface area contributed by atoms with Crippen LogP contribution < -0.4 is 10.2 Å². The van der Waals surface area contributed by atoms with E-state index in [-0.39, 0.29) is 11.9 Å². The van der Waals surface area contributed by atoms with Gasteiger partial charge in [0, 0.05) is 16.2 Å². The molecule has 1 atom stereocenters. The second kappa shape index (κ2) is 5.75. The number of anilines is 1. The van der Waals surface area contributed by atoms with Gasteiger partial charge in [0.05, 0.1) is 16.8 Å². The first-order valence-corrected chi connectivity index (χ1v) is 7.47. The van der Waals surface area contributed by atoms with Gasteiger partial charge in [0.2, 0.25) is 5.91 Å². The molecule has 0 aliphatic carbocycles. The van der Waals surface area contributed by atoms with Crippen molar-refractivity contribution in [3.8, 4) is 0 Å². The standard InChI is InChI=1S/C13H16ClIN2O/c1-8(2)16-11-5-6-17(13(11)18)12-7-9(15)3-4-10(12)14/h3-4,7-8,11,16H,5-6H2,1-2H3. The minimum Gasteiger partial charge on any atom is -0.309 e. The molecular formula is C13H16ClIN2O. The smallest absolute Gasteiger partial charge is 0.244 e. The zero-order chi connectivity index (χ0) is 13.3. The fourth-order valence-electron chi connectivity index (χ4n) is 2.17. The first kappa shape index (κ1) is 14.1. The zero-order valence-electron chi connectivity index (χ0n) is 10.4. The summed E-state index contributed by atoms with van der Waals surface area (Å²) in [5, 5.41) is 3.92. The van der Waals surface area contributed by atoms with Gasteiger partial charge in [-0.2, -0.15) is 0 Å². The molecule has 18 heavy (non-hydrogen) atoms.